The molecule has 3 nitrogen and oxygen atoms in total. The Labute approximate surface area is 140 Å². The molecule has 0 aliphatic carbocycles. The summed E-state index contributed by atoms with van der Waals surface area (Å²) in [7, 11) is 0. The molecule has 0 aliphatic rings. The highest BCUT2D eigenvalue weighted by molar-refractivity contribution is 5.90. The van der Waals surface area contributed by atoms with E-state index in [4.69, 9.17) is 15.6 Å². The minimum atomic E-state index is -0.372. The summed E-state index contributed by atoms with van der Waals surface area (Å²) in [5, 5.41) is 0.896. The fourth-order valence-electron chi connectivity index (χ4n) is 2.49. The van der Waals surface area contributed by atoms with Gasteiger partial charge in [0, 0.05) is 17.0 Å². The molecule has 24 heavy (non-hydrogen) atoms. The van der Waals surface area contributed by atoms with Gasteiger partial charge >= 0.3 is 5.63 Å². The van der Waals surface area contributed by atoms with Crippen LogP contribution in [0.15, 0.2) is 57.7 Å². The first-order valence-electron chi connectivity index (χ1n) is 7.55. The minimum absolute atomic E-state index is 0.210. The molecule has 3 aromatic rings. The molecule has 0 amide bonds. The van der Waals surface area contributed by atoms with Gasteiger partial charge in [-0.3, -0.25) is 0 Å². The number of hydrogen-bond donors (Lipinski definition) is 0. The van der Waals surface area contributed by atoms with Crippen LogP contribution in [0.1, 0.15) is 16.7 Å². The SMILES string of the molecule is C#CCOc1ccccc1/C=C/c1cc(=O)oc2ccc(C)cc12. The van der Waals surface area contributed by atoms with Gasteiger partial charge in [-0.1, -0.05) is 47.9 Å². The molecule has 0 bridgehead atoms. The van der Waals surface area contributed by atoms with Crippen LogP contribution in [0.5, 0.6) is 5.75 Å². The zero-order valence-electron chi connectivity index (χ0n) is 13.3. The van der Waals surface area contributed by atoms with Crippen LogP contribution in [0.25, 0.3) is 23.1 Å². The molecule has 3 rings (SSSR count). The summed E-state index contributed by atoms with van der Waals surface area (Å²) in [6, 6.07) is 14.8. The molecular formula is C21H16O3. The summed E-state index contributed by atoms with van der Waals surface area (Å²) >= 11 is 0. The molecule has 2 aromatic carbocycles. The average Bonchev–Trinajstić information content (AvgIpc) is 2.59. The van der Waals surface area contributed by atoms with Crippen LogP contribution < -0.4 is 10.4 Å². The van der Waals surface area contributed by atoms with Crippen LogP contribution in [0.4, 0.5) is 0 Å². The lowest BCUT2D eigenvalue weighted by Crippen LogP contribution is -1.98. The third-order valence-electron chi connectivity index (χ3n) is 3.60. The van der Waals surface area contributed by atoms with Crippen molar-refractivity contribution in [1.82, 2.24) is 0 Å². The molecule has 0 spiro atoms. The van der Waals surface area contributed by atoms with Crippen molar-refractivity contribution in [3.05, 3.63) is 75.6 Å². The van der Waals surface area contributed by atoms with E-state index in [0.29, 0.717) is 11.3 Å². The number of benzene rings is 2. The lowest BCUT2D eigenvalue weighted by Gasteiger charge is -2.06. The Hall–Kier alpha value is -3.25. The Kier molecular flexibility index (Phi) is 4.49. The average molecular weight is 316 g/mol. The van der Waals surface area contributed by atoms with Crippen molar-refractivity contribution in [3.8, 4) is 18.1 Å². The lowest BCUT2D eigenvalue weighted by molar-refractivity contribution is 0.369. The van der Waals surface area contributed by atoms with Gasteiger partial charge in [0.15, 0.2) is 0 Å². The number of ether oxygens (including phenoxy) is 1. The van der Waals surface area contributed by atoms with Gasteiger partial charge in [-0.15, -0.1) is 6.42 Å². The number of hydrogen-bond acceptors (Lipinski definition) is 3. The second-order valence-electron chi connectivity index (χ2n) is 5.38. The topological polar surface area (TPSA) is 39.4 Å². The van der Waals surface area contributed by atoms with Crippen molar-refractivity contribution < 1.29 is 9.15 Å². The Morgan fingerprint density at radius 2 is 1.92 bits per heavy atom. The Bertz CT molecular complexity index is 1000. The highest BCUT2D eigenvalue weighted by atomic mass is 16.5. The van der Waals surface area contributed by atoms with Crippen LogP contribution in [-0.2, 0) is 0 Å². The summed E-state index contributed by atoms with van der Waals surface area (Å²) in [5.41, 5.74) is 3.00. The maximum Gasteiger partial charge on any atom is 0.336 e. The summed E-state index contributed by atoms with van der Waals surface area (Å²) < 4.78 is 10.8. The molecule has 0 saturated heterocycles. The van der Waals surface area contributed by atoms with E-state index in [2.05, 4.69) is 5.92 Å². The minimum Gasteiger partial charge on any atom is -0.480 e. The third-order valence-corrected chi connectivity index (χ3v) is 3.60. The standard InChI is InChI=1S/C21H16O3/c1-3-12-23-19-7-5-4-6-16(19)9-10-17-14-21(22)24-20-11-8-15(2)13-18(17)20/h1,4-11,13-14H,12H2,2H3/b10-9+. The van der Waals surface area contributed by atoms with Crippen LogP contribution in [0.2, 0.25) is 0 Å². The molecule has 0 saturated carbocycles. The Morgan fingerprint density at radius 3 is 2.75 bits per heavy atom. The number of terminal acetylenes is 1. The monoisotopic (exact) mass is 316 g/mol. The molecule has 0 unspecified atom stereocenters. The molecule has 0 atom stereocenters. The number of para-hydroxylation sites is 1. The molecule has 1 heterocycles. The fraction of sp³-hybridized carbons (Fsp3) is 0.0952. The van der Waals surface area contributed by atoms with Gasteiger partial charge in [0.2, 0.25) is 0 Å². The van der Waals surface area contributed by atoms with Crippen LogP contribution in [0, 0.1) is 19.3 Å². The van der Waals surface area contributed by atoms with Crippen molar-refractivity contribution in [2.24, 2.45) is 0 Å². The summed E-state index contributed by atoms with van der Waals surface area (Å²) in [6.45, 7) is 2.21. The van der Waals surface area contributed by atoms with Gasteiger partial charge < -0.3 is 9.15 Å². The zero-order valence-corrected chi connectivity index (χ0v) is 13.3. The third kappa shape index (κ3) is 3.39. The molecule has 0 radical (unpaired) electrons. The normalized spacial score (nSPS) is 10.8. The lowest BCUT2D eigenvalue weighted by atomic mass is 10.1. The van der Waals surface area contributed by atoms with Gasteiger partial charge in [-0.05, 0) is 30.7 Å². The van der Waals surface area contributed by atoms with Crippen molar-refractivity contribution in [2.45, 2.75) is 6.92 Å². The quantitative estimate of drug-likeness (QED) is 0.532. The van der Waals surface area contributed by atoms with E-state index in [0.717, 1.165) is 22.1 Å². The second-order valence-corrected chi connectivity index (χ2v) is 5.38. The molecule has 0 aliphatic heterocycles. The Balaban J connectivity index is 2.04. The molecule has 118 valence electrons. The Morgan fingerprint density at radius 1 is 1.12 bits per heavy atom. The van der Waals surface area contributed by atoms with E-state index in [-0.39, 0.29) is 12.2 Å². The zero-order chi connectivity index (χ0) is 16.9. The van der Waals surface area contributed by atoms with Gasteiger partial charge in [0.05, 0.1) is 0 Å². The maximum absolute atomic E-state index is 11.8. The van der Waals surface area contributed by atoms with E-state index in [1.165, 1.54) is 6.07 Å². The van der Waals surface area contributed by atoms with E-state index < -0.39 is 0 Å². The van der Waals surface area contributed by atoms with E-state index >= 15 is 0 Å². The largest absolute Gasteiger partial charge is 0.480 e. The first kappa shape index (κ1) is 15.6. The van der Waals surface area contributed by atoms with E-state index in [1.807, 2.05) is 61.5 Å². The molecular weight excluding hydrogens is 300 g/mol. The van der Waals surface area contributed by atoms with Gasteiger partial charge in [-0.2, -0.15) is 0 Å². The molecule has 1 aromatic heterocycles. The maximum atomic E-state index is 11.8. The van der Waals surface area contributed by atoms with E-state index in [9.17, 15) is 4.79 Å². The van der Waals surface area contributed by atoms with Crippen molar-refractivity contribution in [2.75, 3.05) is 6.61 Å². The van der Waals surface area contributed by atoms with Gasteiger partial charge in [-0.25, -0.2) is 4.79 Å². The van der Waals surface area contributed by atoms with Crippen molar-refractivity contribution >= 4 is 23.1 Å². The summed E-state index contributed by atoms with van der Waals surface area (Å²) in [4.78, 5) is 11.8. The highest BCUT2D eigenvalue weighted by Crippen LogP contribution is 2.23. The van der Waals surface area contributed by atoms with Crippen molar-refractivity contribution in [3.63, 3.8) is 0 Å². The first-order valence-corrected chi connectivity index (χ1v) is 7.55. The second kappa shape index (κ2) is 6.89. The van der Waals surface area contributed by atoms with E-state index in [1.54, 1.807) is 0 Å². The van der Waals surface area contributed by atoms with Gasteiger partial charge in [0.1, 0.15) is 17.9 Å². The predicted molar refractivity (Wildman–Crippen MR) is 96.9 cm³/mol. The fourth-order valence-corrected chi connectivity index (χ4v) is 2.49. The van der Waals surface area contributed by atoms with Crippen molar-refractivity contribution in [1.29, 1.82) is 0 Å². The summed E-state index contributed by atoms with van der Waals surface area (Å²) in [6.07, 6.45) is 9.04. The number of fused-ring (bicyclic) bond motifs is 1. The summed E-state index contributed by atoms with van der Waals surface area (Å²) in [5.74, 6) is 3.16. The molecule has 0 fully saturated rings. The van der Waals surface area contributed by atoms with Crippen LogP contribution >= 0.6 is 0 Å². The number of aryl methyl sites for hydroxylation is 1. The predicted octanol–water partition coefficient (Wildman–Crippen LogP) is 4.28. The van der Waals surface area contributed by atoms with Gasteiger partial charge in [0.25, 0.3) is 0 Å². The molecule has 0 N–H and O–H groups in total. The first-order chi connectivity index (χ1) is 11.7. The highest BCUT2D eigenvalue weighted by Gasteiger charge is 2.04. The smallest absolute Gasteiger partial charge is 0.336 e. The van der Waals surface area contributed by atoms with Crippen LogP contribution in [0.3, 0.4) is 0 Å². The van der Waals surface area contributed by atoms with Crippen LogP contribution in [-0.4, -0.2) is 6.61 Å². The molecule has 3 heteroatoms. The number of rotatable bonds is 4.